The van der Waals surface area contributed by atoms with Gasteiger partial charge in [0.2, 0.25) is 5.91 Å². The average molecular weight is 365 g/mol. The Hall–Kier alpha value is -3.03. The topological polar surface area (TPSA) is 61.4 Å². The van der Waals surface area contributed by atoms with Crippen molar-refractivity contribution < 1.29 is 22.8 Å². The normalized spacial score (nSPS) is 11.0. The minimum Gasteiger partial charge on any atom is -0.376 e. The zero-order valence-electron chi connectivity index (χ0n) is 14.2. The Morgan fingerprint density at radius 3 is 2.23 bits per heavy atom. The smallest absolute Gasteiger partial charge is 0.376 e. The van der Waals surface area contributed by atoms with E-state index in [4.69, 9.17) is 0 Å². The predicted molar refractivity (Wildman–Crippen MR) is 93.0 cm³/mol. The lowest BCUT2D eigenvalue weighted by molar-refractivity contribution is -0.137. The highest BCUT2D eigenvalue weighted by molar-refractivity contribution is 5.96. The van der Waals surface area contributed by atoms with E-state index in [1.54, 1.807) is 38.4 Å². The lowest BCUT2D eigenvalue weighted by atomic mass is 10.2. The van der Waals surface area contributed by atoms with Crippen molar-refractivity contribution in [3.8, 4) is 0 Å². The van der Waals surface area contributed by atoms with Crippen molar-refractivity contribution in [2.24, 2.45) is 0 Å². The maximum Gasteiger partial charge on any atom is 0.416 e. The van der Waals surface area contributed by atoms with E-state index in [1.165, 1.54) is 17.0 Å². The molecular formula is C18H18F3N3O2. The summed E-state index contributed by atoms with van der Waals surface area (Å²) >= 11 is 0. The van der Waals surface area contributed by atoms with E-state index in [9.17, 15) is 22.8 Å². The Balaban J connectivity index is 1.92. The molecule has 2 rings (SSSR count). The van der Waals surface area contributed by atoms with E-state index in [0.717, 1.165) is 12.1 Å². The van der Waals surface area contributed by atoms with Crippen LogP contribution in [-0.4, -0.2) is 37.4 Å². The van der Waals surface area contributed by atoms with Gasteiger partial charge in [-0.3, -0.25) is 9.59 Å². The first kappa shape index (κ1) is 19.3. The van der Waals surface area contributed by atoms with E-state index in [1.807, 2.05) is 0 Å². The van der Waals surface area contributed by atoms with Crippen LogP contribution >= 0.6 is 0 Å². The molecule has 2 aromatic rings. The van der Waals surface area contributed by atoms with Crippen LogP contribution in [-0.2, 0) is 11.0 Å². The number of carbonyl (C=O) groups excluding carboxylic acids is 2. The average Bonchev–Trinajstić information content (AvgIpc) is 2.59. The van der Waals surface area contributed by atoms with Crippen LogP contribution in [0.25, 0.3) is 0 Å². The Labute approximate surface area is 148 Å². The largest absolute Gasteiger partial charge is 0.416 e. The molecule has 0 fully saturated rings. The zero-order chi connectivity index (χ0) is 19.3. The van der Waals surface area contributed by atoms with Crippen molar-refractivity contribution in [1.82, 2.24) is 4.90 Å². The summed E-state index contributed by atoms with van der Waals surface area (Å²) < 4.78 is 38.0. The third kappa shape index (κ3) is 5.23. The molecule has 0 radical (unpaired) electrons. The molecule has 2 amide bonds. The molecule has 2 N–H and O–H groups in total. The maximum atomic E-state index is 12.7. The van der Waals surface area contributed by atoms with Crippen LogP contribution in [0.15, 0.2) is 48.5 Å². The van der Waals surface area contributed by atoms with Crippen LogP contribution in [0.4, 0.5) is 24.5 Å². The van der Waals surface area contributed by atoms with Gasteiger partial charge in [-0.1, -0.05) is 6.07 Å². The number of benzene rings is 2. The highest BCUT2D eigenvalue weighted by Gasteiger charge is 2.30. The third-order valence-corrected chi connectivity index (χ3v) is 3.46. The number of anilines is 2. The van der Waals surface area contributed by atoms with Gasteiger partial charge in [0.15, 0.2) is 0 Å². The van der Waals surface area contributed by atoms with Gasteiger partial charge in [0, 0.05) is 31.0 Å². The molecule has 0 spiro atoms. The number of amides is 2. The Morgan fingerprint density at radius 2 is 1.65 bits per heavy atom. The molecule has 0 saturated carbocycles. The van der Waals surface area contributed by atoms with Crippen LogP contribution < -0.4 is 10.6 Å². The summed E-state index contributed by atoms with van der Waals surface area (Å²) in [5, 5.41) is 5.25. The standard InChI is InChI=1S/C18H18F3N3O2/c1-24(2)17(26)12-6-8-14(9-7-12)23-16(25)11-22-15-5-3-4-13(10-15)18(19,20)21/h3-10,22H,11H2,1-2H3,(H,23,25). The van der Waals surface area contributed by atoms with E-state index >= 15 is 0 Å². The molecule has 8 heteroatoms. The second kappa shape index (κ2) is 7.90. The molecule has 0 heterocycles. The monoisotopic (exact) mass is 365 g/mol. The van der Waals surface area contributed by atoms with Crippen LogP contribution in [0.3, 0.4) is 0 Å². The molecule has 0 aliphatic carbocycles. The number of hydrogen-bond donors (Lipinski definition) is 2. The highest BCUT2D eigenvalue weighted by atomic mass is 19.4. The van der Waals surface area contributed by atoms with Crippen molar-refractivity contribution in [2.75, 3.05) is 31.3 Å². The van der Waals surface area contributed by atoms with Gasteiger partial charge in [0.25, 0.3) is 5.91 Å². The molecule has 138 valence electrons. The Morgan fingerprint density at radius 1 is 1.00 bits per heavy atom. The molecule has 0 aliphatic heterocycles. The van der Waals surface area contributed by atoms with Crippen molar-refractivity contribution in [3.05, 3.63) is 59.7 Å². The molecule has 5 nitrogen and oxygen atoms in total. The van der Waals surface area contributed by atoms with Crippen LogP contribution in [0.2, 0.25) is 0 Å². The van der Waals surface area contributed by atoms with Gasteiger partial charge < -0.3 is 15.5 Å². The van der Waals surface area contributed by atoms with Gasteiger partial charge in [0.1, 0.15) is 0 Å². The number of nitrogens with one attached hydrogen (secondary N) is 2. The Bertz CT molecular complexity index is 787. The van der Waals surface area contributed by atoms with Gasteiger partial charge in [-0.15, -0.1) is 0 Å². The van der Waals surface area contributed by atoms with Crippen LogP contribution in [0.5, 0.6) is 0 Å². The number of nitrogens with zero attached hydrogens (tertiary/aromatic N) is 1. The van der Waals surface area contributed by atoms with Crippen molar-refractivity contribution in [3.63, 3.8) is 0 Å². The van der Waals surface area contributed by atoms with E-state index < -0.39 is 17.6 Å². The number of hydrogen-bond acceptors (Lipinski definition) is 3. The SMILES string of the molecule is CN(C)C(=O)c1ccc(NC(=O)CNc2cccc(C(F)(F)F)c2)cc1. The summed E-state index contributed by atoms with van der Waals surface area (Å²) in [4.78, 5) is 25.1. The number of carbonyl (C=O) groups is 2. The van der Waals surface area contributed by atoms with E-state index in [2.05, 4.69) is 10.6 Å². The van der Waals surface area contributed by atoms with Gasteiger partial charge >= 0.3 is 6.18 Å². The summed E-state index contributed by atoms with van der Waals surface area (Å²) in [7, 11) is 3.27. The van der Waals surface area contributed by atoms with Crippen LogP contribution in [0, 0.1) is 0 Å². The summed E-state index contributed by atoms with van der Waals surface area (Å²) in [6.07, 6.45) is -4.44. The Kier molecular flexibility index (Phi) is 5.86. The molecule has 2 aromatic carbocycles. The van der Waals surface area contributed by atoms with Gasteiger partial charge in [-0.25, -0.2) is 0 Å². The summed E-state index contributed by atoms with van der Waals surface area (Å²) in [5.74, 6) is -0.580. The molecule has 0 saturated heterocycles. The van der Waals surface area contributed by atoms with Crippen LogP contribution in [0.1, 0.15) is 15.9 Å². The molecule has 0 unspecified atom stereocenters. The lowest BCUT2D eigenvalue weighted by Gasteiger charge is -2.12. The summed E-state index contributed by atoms with van der Waals surface area (Å²) in [6.45, 7) is -0.195. The molecule has 0 aromatic heterocycles. The van der Waals surface area contributed by atoms with Gasteiger partial charge in [-0.2, -0.15) is 13.2 Å². The highest BCUT2D eigenvalue weighted by Crippen LogP contribution is 2.30. The fraction of sp³-hybridized carbons (Fsp3) is 0.222. The van der Waals surface area contributed by atoms with E-state index in [0.29, 0.717) is 11.3 Å². The molecular weight excluding hydrogens is 347 g/mol. The van der Waals surface area contributed by atoms with Crippen molar-refractivity contribution >= 4 is 23.2 Å². The zero-order valence-corrected chi connectivity index (χ0v) is 14.2. The molecule has 0 bridgehead atoms. The molecule has 0 aliphatic rings. The first-order chi connectivity index (χ1) is 12.2. The second-order valence-electron chi connectivity index (χ2n) is 5.76. The quantitative estimate of drug-likeness (QED) is 0.853. The molecule has 0 atom stereocenters. The first-order valence-electron chi connectivity index (χ1n) is 7.69. The predicted octanol–water partition coefficient (Wildman–Crippen LogP) is 3.46. The number of halogens is 3. The summed E-state index contributed by atoms with van der Waals surface area (Å²) in [5.41, 5.74) is 0.372. The fourth-order valence-corrected chi connectivity index (χ4v) is 2.15. The number of rotatable bonds is 5. The number of alkyl halides is 3. The second-order valence-corrected chi connectivity index (χ2v) is 5.76. The fourth-order valence-electron chi connectivity index (χ4n) is 2.15. The third-order valence-electron chi connectivity index (χ3n) is 3.46. The van der Waals surface area contributed by atoms with Gasteiger partial charge in [-0.05, 0) is 42.5 Å². The first-order valence-corrected chi connectivity index (χ1v) is 7.69. The minimum absolute atomic E-state index is 0.158. The minimum atomic E-state index is -4.44. The lowest BCUT2D eigenvalue weighted by Crippen LogP contribution is -2.23. The maximum absolute atomic E-state index is 12.7. The van der Waals surface area contributed by atoms with Crippen molar-refractivity contribution in [1.29, 1.82) is 0 Å². The van der Waals surface area contributed by atoms with Gasteiger partial charge in [0.05, 0.1) is 12.1 Å². The van der Waals surface area contributed by atoms with Crippen molar-refractivity contribution in [2.45, 2.75) is 6.18 Å². The molecule has 26 heavy (non-hydrogen) atoms. The summed E-state index contributed by atoms with van der Waals surface area (Å²) in [6, 6.07) is 10.9. The van der Waals surface area contributed by atoms with E-state index in [-0.39, 0.29) is 18.1 Å².